The van der Waals surface area contributed by atoms with Crippen LogP contribution >= 0.6 is 0 Å². The highest BCUT2D eigenvalue weighted by Gasteiger charge is 2.28. The Morgan fingerprint density at radius 3 is 2.08 bits per heavy atom. The third kappa shape index (κ3) is 6.96. The number of aromatic nitrogens is 3. The lowest BCUT2D eigenvalue weighted by Gasteiger charge is -2.35. The van der Waals surface area contributed by atoms with E-state index >= 15 is 0 Å². The van der Waals surface area contributed by atoms with Gasteiger partial charge in [-0.1, -0.05) is 0 Å². The number of piperazine rings is 2. The number of primary amides is 1. The molecule has 16 heteroatoms. The van der Waals surface area contributed by atoms with Gasteiger partial charge in [-0.05, 0) is 49.5 Å². The average molecular weight is 673 g/mol. The fourth-order valence-electron chi connectivity index (χ4n) is 6.11. The third-order valence-electron chi connectivity index (χ3n) is 9.00. The van der Waals surface area contributed by atoms with Crippen molar-refractivity contribution in [2.75, 3.05) is 101 Å². The van der Waals surface area contributed by atoms with Crippen LogP contribution in [0.2, 0.25) is 0 Å². The molecule has 0 radical (unpaired) electrons. The van der Waals surface area contributed by atoms with Gasteiger partial charge in [-0.25, -0.2) is 9.18 Å². The Labute approximate surface area is 281 Å². The molecule has 0 bridgehead atoms. The first-order valence-electron chi connectivity index (χ1n) is 16.2. The first-order valence-corrected chi connectivity index (χ1v) is 16.2. The highest BCUT2D eigenvalue weighted by atomic mass is 19.1. The molecule has 5 heterocycles. The number of anilines is 3. The van der Waals surface area contributed by atoms with Gasteiger partial charge in [-0.15, -0.1) is 0 Å². The van der Waals surface area contributed by atoms with Crippen LogP contribution in [-0.4, -0.2) is 133 Å². The lowest BCUT2D eigenvalue weighted by atomic mass is 10.1. The summed E-state index contributed by atoms with van der Waals surface area (Å²) in [4.78, 5) is 62.2. The zero-order valence-electron chi connectivity index (χ0n) is 27.1. The largest absolute Gasteiger partial charge is 0.450 e. The second-order valence-electron chi connectivity index (χ2n) is 12.3. The lowest BCUT2D eigenvalue weighted by molar-refractivity contribution is 0.0716. The SMILES string of the molecule is CN1CCN(C(=O)Nc2ccc(-c3nc(N4CCOCC4)nc(N4CCN(C(=O)c5cc6cc(F)cc(C(N)=O)c6o5)CC4)n3)cc2)CC1. The van der Waals surface area contributed by atoms with Gasteiger partial charge in [0.15, 0.2) is 11.6 Å². The van der Waals surface area contributed by atoms with E-state index < -0.39 is 11.7 Å². The zero-order chi connectivity index (χ0) is 34.1. The number of urea groups is 1. The molecule has 4 aromatic rings. The maximum atomic E-state index is 14.1. The van der Waals surface area contributed by atoms with Crippen LogP contribution in [0, 0.1) is 5.82 Å². The van der Waals surface area contributed by atoms with E-state index in [1.54, 1.807) is 4.90 Å². The molecule has 3 saturated heterocycles. The highest BCUT2D eigenvalue weighted by Crippen LogP contribution is 2.27. The van der Waals surface area contributed by atoms with Gasteiger partial charge in [0.2, 0.25) is 11.9 Å². The second-order valence-corrected chi connectivity index (χ2v) is 12.3. The number of fused-ring (bicyclic) bond motifs is 1. The van der Waals surface area contributed by atoms with Crippen molar-refractivity contribution in [3.05, 3.63) is 59.6 Å². The molecule has 0 saturated carbocycles. The maximum Gasteiger partial charge on any atom is 0.321 e. The summed E-state index contributed by atoms with van der Waals surface area (Å²) in [5.41, 5.74) is 6.80. The predicted molar refractivity (Wildman–Crippen MR) is 179 cm³/mol. The van der Waals surface area contributed by atoms with Crippen molar-refractivity contribution < 1.29 is 27.9 Å². The molecule has 7 rings (SSSR count). The van der Waals surface area contributed by atoms with Crippen LogP contribution in [-0.2, 0) is 4.74 Å². The number of furan rings is 1. The minimum atomic E-state index is -0.844. The number of hydrogen-bond acceptors (Lipinski definition) is 11. The van der Waals surface area contributed by atoms with E-state index in [0.717, 1.165) is 24.7 Å². The molecule has 4 amide bonds. The summed E-state index contributed by atoms with van der Waals surface area (Å²) in [6.45, 7) is 7.03. The van der Waals surface area contributed by atoms with Crippen LogP contribution in [0.4, 0.5) is 26.8 Å². The molecular formula is C33H37FN10O5. The summed E-state index contributed by atoms with van der Waals surface area (Å²) >= 11 is 0. The fourth-order valence-corrected chi connectivity index (χ4v) is 6.11. The van der Waals surface area contributed by atoms with Crippen LogP contribution in [0.25, 0.3) is 22.4 Å². The average Bonchev–Trinajstić information content (AvgIpc) is 3.55. The van der Waals surface area contributed by atoms with Crippen molar-refractivity contribution in [2.45, 2.75) is 0 Å². The number of rotatable bonds is 6. The summed E-state index contributed by atoms with van der Waals surface area (Å²) in [5, 5.41) is 3.27. The van der Waals surface area contributed by atoms with Crippen LogP contribution in [0.1, 0.15) is 20.9 Å². The van der Waals surface area contributed by atoms with Crippen molar-refractivity contribution >= 4 is 46.4 Å². The highest BCUT2D eigenvalue weighted by molar-refractivity contribution is 6.06. The molecule has 15 nitrogen and oxygen atoms in total. The molecule has 2 aromatic carbocycles. The van der Waals surface area contributed by atoms with Gasteiger partial charge in [-0.2, -0.15) is 15.0 Å². The zero-order valence-corrected chi connectivity index (χ0v) is 27.1. The Bertz CT molecular complexity index is 1860. The van der Waals surface area contributed by atoms with Gasteiger partial charge in [0, 0.05) is 82.1 Å². The molecular weight excluding hydrogens is 635 g/mol. The number of benzene rings is 2. The Kier molecular flexibility index (Phi) is 8.97. The van der Waals surface area contributed by atoms with Crippen molar-refractivity contribution in [1.29, 1.82) is 0 Å². The number of hydrogen-bond donors (Lipinski definition) is 2. The molecule has 2 aromatic heterocycles. The van der Waals surface area contributed by atoms with Gasteiger partial charge in [0.25, 0.3) is 11.8 Å². The van der Waals surface area contributed by atoms with E-state index in [1.165, 1.54) is 12.1 Å². The predicted octanol–water partition coefficient (Wildman–Crippen LogP) is 2.10. The maximum absolute atomic E-state index is 14.1. The van der Waals surface area contributed by atoms with Gasteiger partial charge < -0.3 is 44.7 Å². The minimum Gasteiger partial charge on any atom is -0.450 e. The number of nitrogens with one attached hydrogen (secondary N) is 1. The summed E-state index contributed by atoms with van der Waals surface area (Å²) < 4.78 is 25.3. The normalized spacial score (nSPS) is 17.4. The summed E-state index contributed by atoms with van der Waals surface area (Å²) in [5.74, 6) is -0.365. The van der Waals surface area contributed by atoms with Crippen molar-refractivity contribution in [2.24, 2.45) is 5.73 Å². The Morgan fingerprint density at radius 2 is 1.43 bits per heavy atom. The van der Waals surface area contributed by atoms with Gasteiger partial charge in [0.05, 0.1) is 18.8 Å². The molecule has 3 N–H and O–H groups in total. The van der Waals surface area contributed by atoms with Crippen LogP contribution < -0.4 is 20.9 Å². The number of carbonyl (C=O) groups is 3. The van der Waals surface area contributed by atoms with E-state index in [4.69, 9.17) is 29.8 Å². The van der Waals surface area contributed by atoms with Crippen LogP contribution in [0.3, 0.4) is 0 Å². The minimum absolute atomic E-state index is 0.00299. The van der Waals surface area contributed by atoms with Crippen LogP contribution in [0.5, 0.6) is 0 Å². The molecule has 0 atom stereocenters. The molecule has 3 aliphatic rings. The van der Waals surface area contributed by atoms with E-state index in [2.05, 4.69) is 15.1 Å². The van der Waals surface area contributed by atoms with Crippen molar-refractivity contribution in [3.63, 3.8) is 0 Å². The number of morpholine rings is 1. The summed E-state index contributed by atoms with van der Waals surface area (Å²) in [6.07, 6.45) is 0. The molecule has 49 heavy (non-hydrogen) atoms. The number of nitrogens with two attached hydrogens (primary N) is 1. The van der Waals surface area contributed by atoms with E-state index in [0.29, 0.717) is 89.0 Å². The van der Waals surface area contributed by atoms with Gasteiger partial charge in [-0.3, -0.25) is 9.59 Å². The van der Waals surface area contributed by atoms with Crippen LogP contribution in [0.15, 0.2) is 46.9 Å². The second kappa shape index (κ2) is 13.6. The first kappa shape index (κ1) is 32.2. The van der Waals surface area contributed by atoms with E-state index in [1.807, 2.05) is 41.1 Å². The van der Waals surface area contributed by atoms with E-state index in [9.17, 15) is 18.8 Å². The Hall–Kier alpha value is -5.35. The van der Waals surface area contributed by atoms with E-state index in [-0.39, 0.29) is 34.2 Å². The number of likely N-dealkylation sites (N-methyl/N-ethyl adjacent to an activating group) is 1. The number of halogens is 1. The van der Waals surface area contributed by atoms with Crippen molar-refractivity contribution in [1.82, 2.24) is 29.7 Å². The summed E-state index contributed by atoms with van der Waals surface area (Å²) in [6, 6.07) is 10.9. The molecule has 256 valence electrons. The first-order chi connectivity index (χ1) is 23.7. The molecule has 3 aliphatic heterocycles. The molecule has 3 fully saturated rings. The molecule has 0 aliphatic carbocycles. The Balaban J connectivity index is 1.07. The third-order valence-corrected chi connectivity index (χ3v) is 9.00. The fraction of sp³-hybridized carbons (Fsp3) is 0.394. The number of carbonyl (C=O) groups excluding carboxylic acids is 3. The van der Waals surface area contributed by atoms with Gasteiger partial charge >= 0.3 is 6.03 Å². The summed E-state index contributed by atoms with van der Waals surface area (Å²) in [7, 11) is 2.05. The quantitative estimate of drug-likeness (QED) is 0.308. The smallest absolute Gasteiger partial charge is 0.321 e. The van der Waals surface area contributed by atoms with Crippen molar-refractivity contribution in [3.8, 4) is 11.4 Å². The number of amides is 4. The number of ether oxygens (including phenoxy) is 1. The standard InChI is InChI=1S/C33H37FN10O5/c1-40-6-8-44(9-7-40)33(47)36-24-4-2-21(3-5-24)29-37-31(39-32(38-29)43-14-16-48-17-15-43)42-12-10-41(11-13-42)30(46)26-19-22-18-23(34)20-25(28(35)45)27(22)49-26/h2-5,18-20H,6-17H2,1H3,(H2,35,45)(H,36,47). The molecule has 0 spiro atoms. The van der Waals surface area contributed by atoms with Gasteiger partial charge in [0.1, 0.15) is 11.4 Å². The molecule has 0 unspecified atom stereocenters. The number of nitrogens with zero attached hydrogens (tertiary/aromatic N) is 8. The lowest BCUT2D eigenvalue weighted by Crippen LogP contribution is -2.49. The monoisotopic (exact) mass is 672 g/mol. The topological polar surface area (TPSA) is 166 Å². The Morgan fingerprint density at radius 1 is 0.796 bits per heavy atom.